The first-order valence-electron chi connectivity index (χ1n) is 5.69. The van der Waals surface area contributed by atoms with Crippen LogP contribution in [0.1, 0.15) is 25.5 Å². The topological polar surface area (TPSA) is 53.7 Å². The summed E-state index contributed by atoms with van der Waals surface area (Å²) < 4.78 is 6.30. The minimum atomic E-state index is -0.708. The molecule has 1 N–H and O–H groups in total. The van der Waals surface area contributed by atoms with Crippen molar-refractivity contribution in [3.05, 3.63) is 22.6 Å². The Morgan fingerprint density at radius 1 is 1.71 bits per heavy atom. The molecule has 0 spiro atoms. The molecule has 1 aromatic heterocycles. The van der Waals surface area contributed by atoms with Gasteiger partial charge in [0.15, 0.2) is 0 Å². The van der Waals surface area contributed by atoms with E-state index in [0.717, 1.165) is 29.6 Å². The molecule has 0 aromatic carbocycles. The quantitative estimate of drug-likeness (QED) is 0.933. The Morgan fingerprint density at radius 3 is 3.06 bits per heavy atom. The molecule has 1 unspecified atom stereocenters. The summed E-state index contributed by atoms with van der Waals surface area (Å²) in [6, 6.07) is 1.86. The molecule has 1 aromatic rings. The highest BCUT2D eigenvalue weighted by atomic mass is 79.9. The van der Waals surface area contributed by atoms with Crippen LogP contribution in [0.5, 0.6) is 0 Å². The summed E-state index contributed by atoms with van der Waals surface area (Å²) in [5.41, 5.74) is -0.628. The predicted octanol–water partition coefficient (Wildman–Crippen LogP) is 2.73. The second-order valence-corrected chi connectivity index (χ2v) is 5.73. The Bertz CT molecular complexity index is 418. The van der Waals surface area contributed by atoms with Crippen molar-refractivity contribution < 1.29 is 14.3 Å². The molecular formula is C12H16BrNO3. The number of halogens is 1. The number of piperidine rings is 1. The molecule has 1 aliphatic rings. The molecule has 2 rings (SSSR count). The predicted molar refractivity (Wildman–Crippen MR) is 66.7 cm³/mol. The summed E-state index contributed by atoms with van der Waals surface area (Å²) in [6.07, 6.45) is 3.30. The first-order chi connectivity index (χ1) is 8.01. The van der Waals surface area contributed by atoms with E-state index in [1.54, 1.807) is 6.26 Å². The van der Waals surface area contributed by atoms with Crippen LogP contribution in [0.4, 0.5) is 0 Å². The zero-order valence-corrected chi connectivity index (χ0v) is 11.4. The number of carbonyl (C=O) groups is 1. The second-order valence-electron chi connectivity index (χ2n) is 4.87. The van der Waals surface area contributed by atoms with Crippen molar-refractivity contribution in [1.29, 1.82) is 0 Å². The maximum Gasteiger partial charge on any atom is 0.310 e. The van der Waals surface area contributed by atoms with Crippen molar-refractivity contribution in [2.75, 3.05) is 13.1 Å². The normalized spacial score (nSPS) is 26.0. The number of carboxylic acid groups (broad SMARTS) is 1. The van der Waals surface area contributed by atoms with E-state index in [4.69, 9.17) is 4.42 Å². The Morgan fingerprint density at radius 2 is 2.47 bits per heavy atom. The maximum absolute atomic E-state index is 11.2. The molecule has 0 amide bonds. The molecule has 1 atom stereocenters. The molecule has 0 bridgehead atoms. The van der Waals surface area contributed by atoms with Crippen LogP contribution < -0.4 is 0 Å². The van der Waals surface area contributed by atoms with Gasteiger partial charge < -0.3 is 9.52 Å². The lowest BCUT2D eigenvalue weighted by atomic mass is 9.82. The standard InChI is InChI=1S/C12H16BrNO3/c1-12(11(15)16)4-2-5-14(8-12)7-10-9(13)3-6-17-10/h3,6H,2,4-5,7-8H2,1H3,(H,15,16). The summed E-state index contributed by atoms with van der Waals surface area (Å²) in [4.78, 5) is 13.4. The van der Waals surface area contributed by atoms with Gasteiger partial charge in [-0.2, -0.15) is 0 Å². The number of carboxylic acids is 1. The van der Waals surface area contributed by atoms with E-state index in [2.05, 4.69) is 20.8 Å². The zero-order chi connectivity index (χ0) is 12.5. The van der Waals surface area contributed by atoms with Crippen LogP contribution in [-0.4, -0.2) is 29.1 Å². The molecule has 0 saturated carbocycles. The highest BCUT2D eigenvalue weighted by Gasteiger charge is 2.37. The highest BCUT2D eigenvalue weighted by Crippen LogP contribution is 2.31. The fourth-order valence-electron chi connectivity index (χ4n) is 2.30. The van der Waals surface area contributed by atoms with Crippen molar-refractivity contribution in [3.8, 4) is 0 Å². The fourth-order valence-corrected chi connectivity index (χ4v) is 2.62. The number of rotatable bonds is 3. The van der Waals surface area contributed by atoms with Crippen molar-refractivity contribution >= 4 is 21.9 Å². The van der Waals surface area contributed by atoms with E-state index in [1.807, 2.05) is 13.0 Å². The number of likely N-dealkylation sites (tertiary alicyclic amines) is 1. The van der Waals surface area contributed by atoms with E-state index < -0.39 is 11.4 Å². The Labute approximate surface area is 109 Å². The summed E-state index contributed by atoms with van der Waals surface area (Å²) in [6.45, 7) is 3.99. The zero-order valence-electron chi connectivity index (χ0n) is 9.78. The van der Waals surface area contributed by atoms with E-state index in [1.165, 1.54) is 0 Å². The van der Waals surface area contributed by atoms with Gasteiger partial charge in [0.2, 0.25) is 0 Å². The number of hydrogen-bond donors (Lipinski definition) is 1. The van der Waals surface area contributed by atoms with Gasteiger partial charge in [-0.25, -0.2) is 0 Å². The van der Waals surface area contributed by atoms with Gasteiger partial charge in [0, 0.05) is 6.54 Å². The lowest BCUT2D eigenvalue weighted by Gasteiger charge is -2.37. The average molecular weight is 302 g/mol. The molecule has 5 heteroatoms. The second kappa shape index (κ2) is 4.82. The largest absolute Gasteiger partial charge is 0.481 e. The minimum absolute atomic E-state index is 0.579. The minimum Gasteiger partial charge on any atom is -0.481 e. The van der Waals surface area contributed by atoms with Gasteiger partial charge >= 0.3 is 5.97 Å². The smallest absolute Gasteiger partial charge is 0.310 e. The first-order valence-corrected chi connectivity index (χ1v) is 6.48. The number of aliphatic carboxylic acids is 1. The van der Waals surface area contributed by atoms with Gasteiger partial charge in [-0.05, 0) is 48.3 Å². The highest BCUT2D eigenvalue weighted by molar-refractivity contribution is 9.10. The number of hydrogen-bond acceptors (Lipinski definition) is 3. The van der Waals surface area contributed by atoms with Gasteiger partial charge in [-0.3, -0.25) is 9.69 Å². The van der Waals surface area contributed by atoms with Gasteiger partial charge in [0.25, 0.3) is 0 Å². The van der Waals surface area contributed by atoms with Crippen molar-refractivity contribution in [3.63, 3.8) is 0 Å². The first kappa shape index (κ1) is 12.6. The van der Waals surface area contributed by atoms with Crippen LogP contribution >= 0.6 is 15.9 Å². The Hall–Kier alpha value is -0.810. The average Bonchev–Trinajstić information content (AvgIpc) is 2.64. The monoisotopic (exact) mass is 301 g/mol. The number of nitrogens with zero attached hydrogens (tertiary/aromatic N) is 1. The van der Waals surface area contributed by atoms with E-state index in [9.17, 15) is 9.90 Å². The molecule has 17 heavy (non-hydrogen) atoms. The molecule has 0 radical (unpaired) electrons. The lowest BCUT2D eigenvalue weighted by molar-refractivity contribution is -0.151. The van der Waals surface area contributed by atoms with Gasteiger partial charge in [0.05, 0.1) is 22.7 Å². The third-order valence-corrected chi connectivity index (χ3v) is 4.06. The van der Waals surface area contributed by atoms with Crippen molar-refractivity contribution in [2.24, 2.45) is 5.41 Å². The fraction of sp³-hybridized carbons (Fsp3) is 0.583. The molecule has 1 saturated heterocycles. The van der Waals surface area contributed by atoms with E-state index >= 15 is 0 Å². The van der Waals surface area contributed by atoms with Crippen LogP contribution in [0.15, 0.2) is 21.2 Å². The van der Waals surface area contributed by atoms with Crippen LogP contribution in [0.25, 0.3) is 0 Å². The molecular weight excluding hydrogens is 286 g/mol. The summed E-state index contributed by atoms with van der Waals surface area (Å²) >= 11 is 3.41. The van der Waals surface area contributed by atoms with Crippen LogP contribution in [0.3, 0.4) is 0 Å². The Kier molecular flexibility index (Phi) is 3.58. The van der Waals surface area contributed by atoms with E-state index in [0.29, 0.717) is 13.1 Å². The van der Waals surface area contributed by atoms with Crippen LogP contribution in [0, 0.1) is 5.41 Å². The van der Waals surface area contributed by atoms with Gasteiger partial charge in [-0.1, -0.05) is 0 Å². The van der Waals surface area contributed by atoms with Crippen molar-refractivity contribution in [2.45, 2.75) is 26.3 Å². The van der Waals surface area contributed by atoms with Crippen LogP contribution in [-0.2, 0) is 11.3 Å². The molecule has 1 aliphatic heterocycles. The molecule has 1 fully saturated rings. The summed E-state index contributed by atoms with van der Waals surface area (Å²) in [5.74, 6) is 0.153. The molecule has 94 valence electrons. The summed E-state index contributed by atoms with van der Waals surface area (Å²) in [7, 11) is 0. The number of furan rings is 1. The van der Waals surface area contributed by atoms with E-state index in [-0.39, 0.29) is 0 Å². The summed E-state index contributed by atoms with van der Waals surface area (Å²) in [5, 5.41) is 9.24. The lowest BCUT2D eigenvalue weighted by Crippen LogP contribution is -2.45. The van der Waals surface area contributed by atoms with Crippen LogP contribution in [0.2, 0.25) is 0 Å². The molecule has 2 heterocycles. The Balaban J connectivity index is 2.03. The maximum atomic E-state index is 11.2. The SMILES string of the molecule is CC1(C(=O)O)CCCN(Cc2occc2Br)C1. The van der Waals surface area contributed by atoms with Crippen molar-refractivity contribution in [1.82, 2.24) is 4.90 Å². The third-order valence-electron chi connectivity index (χ3n) is 3.35. The third kappa shape index (κ3) is 2.72. The van der Waals surface area contributed by atoms with Gasteiger partial charge in [-0.15, -0.1) is 0 Å². The molecule has 4 nitrogen and oxygen atoms in total. The van der Waals surface area contributed by atoms with Gasteiger partial charge in [0.1, 0.15) is 5.76 Å². The molecule has 0 aliphatic carbocycles.